The van der Waals surface area contributed by atoms with Crippen LogP contribution in [0, 0.1) is 29.6 Å². The number of esters is 1. The number of amides is 2. The Bertz CT molecular complexity index is 1290. The highest BCUT2D eigenvalue weighted by atomic mass is 32.2. The van der Waals surface area contributed by atoms with Crippen LogP contribution < -0.4 is 9.61 Å². The van der Waals surface area contributed by atoms with Crippen LogP contribution in [0.2, 0.25) is 0 Å². The van der Waals surface area contributed by atoms with Gasteiger partial charge in [0, 0.05) is 21.6 Å². The maximum Gasteiger partial charge on any atom is 0.329 e. The third kappa shape index (κ3) is 3.11. The van der Waals surface area contributed by atoms with Crippen LogP contribution >= 0.6 is 23.1 Å². The lowest BCUT2D eigenvalue weighted by atomic mass is 9.68. The Labute approximate surface area is 210 Å². The molecule has 0 spiro atoms. The average Bonchev–Trinajstić information content (AvgIpc) is 3.57. The zero-order chi connectivity index (χ0) is 24.6. The van der Waals surface area contributed by atoms with E-state index < -0.39 is 23.8 Å². The third-order valence-corrected chi connectivity index (χ3v) is 10.8. The first-order chi connectivity index (χ1) is 16.9. The number of fused-ring (bicyclic) bond motifs is 9. The number of thioether (sulfide) groups is 1. The van der Waals surface area contributed by atoms with E-state index in [-0.39, 0.29) is 52.2 Å². The highest BCUT2D eigenvalue weighted by molar-refractivity contribution is 8.00. The molecule has 6 rings (SSSR count). The summed E-state index contributed by atoms with van der Waals surface area (Å²) < 4.78 is 10.8. The van der Waals surface area contributed by atoms with Crippen LogP contribution in [0.1, 0.15) is 36.6 Å². The minimum atomic E-state index is -0.933. The molecule has 35 heavy (non-hydrogen) atoms. The number of aromatic amines is 1. The SMILES string of the molecule is CCOC(=O)C(C)N1C(=O)C2C3CC(C2C1=O)C1C(c2ccccc2OC)c2sc(=O)[nH]c2SC31. The van der Waals surface area contributed by atoms with Crippen molar-refractivity contribution in [1.29, 1.82) is 0 Å². The largest absolute Gasteiger partial charge is 0.496 e. The maximum atomic E-state index is 13.6. The number of aromatic nitrogens is 1. The number of rotatable bonds is 5. The standard InChI is InChI=1S/C25H26N2O6S2/c1-4-33-24(30)10(2)27-22(28)17-12-9-13(18(17)23(27)29)19-16(12)15(11-7-5-6-8-14(11)32-3)20-21(34-19)26-25(31)35-20/h5-8,10,12-13,15-19H,4,9H2,1-3H3,(H,26,31). The van der Waals surface area contributed by atoms with E-state index in [4.69, 9.17) is 9.47 Å². The Morgan fingerprint density at radius 3 is 2.60 bits per heavy atom. The smallest absolute Gasteiger partial charge is 0.329 e. The summed E-state index contributed by atoms with van der Waals surface area (Å²) in [6.45, 7) is 3.47. The van der Waals surface area contributed by atoms with E-state index >= 15 is 0 Å². The van der Waals surface area contributed by atoms with E-state index in [1.807, 2.05) is 24.3 Å². The molecule has 1 aromatic carbocycles. The molecule has 1 aromatic heterocycles. The van der Waals surface area contributed by atoms with Crippen molar-refractivity contribution in [2.24, 2.45) is 29.6 Å². The lowest BCUT2D eigenvalue weighted by Crippen LogP contribution is -2.45. The summed E-state index contributed by atoms with van der Waals surface area (Å²) in [6, 6.07) is 6.90. The molecule has 2 saturated carbocycles. The molecule has 10 heteroatoms. The molecule has 0 radical (unpaired) electrons. The van der Waals surface area contributed by atoms with Gasteiger partial charge in [-0.05, 0) is 44.1 Å². The Hall–Kier alpha value is -2.59. The zero-order valence-electron chi connectivity index (χ0n) is 19.6. The fourth-order valence-electron chi connectivity index (χ4n) is 7.06. The average molecular weight is 515 g/mol. The number of ether oxygens (including phenoxy) is 2. The number of carbonyl (C=O) groups excluding carboxylic acids is 3. The molecule has 3 heterocycles. The molecule has 8 nitrogen and oxygen atoms in total. The van der Waals surface area contributed by atoms with Gasteiger partial charge >= 0.3 is 10.8 Å². The third-order valence-electron chi connectivity index (χ3n) is 8.25. The summed E-state index contributed by atoms with van der Waals surface area (Å²) in [6.07, 6.45) is 0.793. The molecule has 3 fully saturated rings. The van der Waals surface area contributed by atoms with Gasteiger partial charge in [-0.15, -0.1) is 11.8 Å². The van der Waals surface area contributed by atoms with E-state index in [1.165, 1.54) is 11.3 Å². The van der Waals surface area contributed by atoms with Crippen molar-refractivity contribution in [3.8, 4) is 5.75 Å². The molecular formula is C25H26N2O6S2. The first-order valence-corrected chi connectivity index (χ1v) is 13.6. The Kier molecular flexibility index (Phi) is 5.37. The van der Waals surface area contributed by atoms with Crippen molar-refractivity contribution in [2.45, 2.75) is 42.5 Å². The molecular weight excluding hydrogens is 488 g/mol. The number of hydrogen-bond acceptors (Lipinski definition) is 8. The summed E-state index contributed by atoms with van der Waals surface area (Å²) in [5.74, 6) is -1.23. The predicted octanol–water partition coefficient (Wildman–Crippen LogP) is 2.87. The molecule has 1 N–H and O–H groups in total. The number of H-pyrrole nitrogens is 1. The first kappa shape index (κ1) is 22.8. The van der Waals surface area contributed by atoms with Gasteiger partial charge in [-0.3, -0.25) is 19.3 Å². The fraction of sp³-hybridized carbons (Fsp3) is 0.520. The van der Waals surface area contributed by atoms with E-state index in [1.54, 1.807) is 32.7 Å². The number of nitrogens with zero attached hydrogens (tertiary/aromatic N) is 1. The quantitative estimate of drug-likeness (QED) is 0.483. The van der Waals surface area contributed by atoms with Crippen molar-refractivity contribution >= 4 is 40.9 Å². The Balaban J connectivity index is 1.43. The molecule has 4 aliphatic rings. The monoisotopic (exact) mass is 514 g/mol. The van der Waals surface area contributed by atoms with Gasteiger partial charge in [-0.25, -0.2) is 4.79 Å². The second-order valence-corrected chi connectivity index (χ2v) is 11.9. The highest BCUT2D eigenvalue weighted by Crippen LogP contribution is 2.69. The summed E-state index contributed by atoms with van der Waals surface area (Å²) in [5, 5.41) is 0.943. The van der Waals surface area contributed by atoms with Crippen LogP contribution in [0.5, 0.6) is 5.75 Å². The van der Waals surface area contributed by atoms with E-state index in [0.29, 0.717) is 0 Å². The topological polar surface area (TPSA) is 106 Å². The molecule has 2 aliphatic carbocycles. The van der Waals surface area contributed by atoms with Crippen molar-refractivity contribution < 1.29 is 23.9 Å². The molecule has 2 amide bonds. The van der Waals surface area contributed by atoms with Gasteiger partial charge in [-0.2, -0.15) is 0 Å². The first-order valence-electron chi connectivity index (χ1n) is 11.9. The number of likely N-dealkylation sites (tertiary alicyclic amines) is 1. The van der Waals surface area contributed by atoms with Gasteiger partial charge in [0.05, 0.1) is 30.6 Å². The van der Waals surface area contributed by atoms with Gasteiger partial charge in [0.2, 0.25) is 11.8 Å². The number of para-hydroxylation sites is 1. The van der Waals surface area contributed by atoms with Crippen LogP contribution in [0.4, 0.5) is 0 Å². The van der Waals surface area contributed by atoms with Crippen molar-refractivity contribution in [2.75, 3.05) is 13.7 Å². The number of imide groups is 1. The van der Waals surface area contributed by atoms with E-state index in [0.717, 1.165) is 32.5 Å². The normalized spacial score (nSPS) is 33.3. The van der Waals surface area contributed by atoms with Crippen LogP contribution in [-0.4, -0.2) is 52.7 Å². The molecule has 1 saturated heterocycles. The predicted molar refractivity (Wildman–Crippen MR) is 129 cm³/mol. The van der Waals surface area contributed by atoms with Gasteiger partial charge in [0.15, 0.2) is 0 Å². The van der Waals surface area contributed by atoms with Gasteiger partial charge in [0.1, 0.15) is 11.8 Å². The summed E-state index contributed by atoms with van der Waals surface area (Å²) in [4.78, 5) is 57.0. The number of hydrogen-bond donors (Lipinski definition) is 1. The molecule has 8 unspecified atom stereocenters. The maximum absolute atomic E-state index is 13.6. The van der Waals surface area contributed by atoms with Crippen LogP contribution in [0.15, 0.2) is 34.1 Å². The zero-order valence-corrected chi connectivity index (χ0v) is 21.2. The van der Waals surface area contributed by atoms with Crippen LogP contribution in [-0.2, 0) is 19.1 Å². The van der Waals surface area contributed by atoms with E-state index in [9.17, 15) is 19.2 Å². The van der Waals surface area contributed by atoms with Gasteiger partial charge in [0.25, 0.3) is 0 Å². The fourth-order valence-corrected chi connectivity index (χ4v) is 9.94. The molecule has 2 bridgehead atoms. The molecule has 2 aliphatic heterocycles. The van der Waals surface area contributed by atoms with Crippen LogP contribution in [0.25, 0.3) is 0 Å². The molecule has 8 atom stereocenters. The Morgan fingerprint density at radius 1 is 1.17 bits per heavy atom. The summed E-state index contributed by atoms with van der Waals surface area (Å²) in [5.41, 5.74) is 0.999. The minimum absolute atomic E-state index is 0.00426. The minimum Gasteiger partial charge on any atom is -0.496 e. The molecule has 184 valence electrons. The van der Waals surface area contributed by atoms with Crippen LogP contribution in [0.3, 0.4) is 0 Å². The number of thiazole rings is 1. The number of nitrogens with one attached hydrogen (secondary N) is 1. The summed E-state index contributed by atoms with van der Waals surface area (Å²) >= 11 is 2.86. The lowest BCUT2D eigenvalue weighted by molar-refractivity contribution is -0.158. The number of carbonyl (C=O) groups is 3. The highest BCUT2D eigenvalue weighted by Gasteiger charge is 2.70. The van der Waals surface area contributed by atoms with Crippen molar-refractivity contribution in [1.82, 2.24) is 9.88 Å². The lowest BCUT2D eigenvalue weighted by Gasteiger charge is -2.43. The Morgan fingerprint density at radius 2 is 1.89 bits per heavy atom. The number of benzene rings is 1. The second kappa shape index (κ2) is 8.23. The van der Waals surface area contributed by atoms with Crippen molar-refractivity contribution in [3.63, 3.8) is 0 Å². The second-order valence-electron chi connectivity index (χ2n) is 9.68. The summed E-state index contributed by atoms with van der Waals surface area (Å²) in [7, 11) is 1.64. The van der Waals surface area contributed by atoms with Gasteiger partial charge in [-0.1, -0.05) is 29.5 Å². The van der Waals surface area contributed by atoms with Crippen molar-refractivity contribution in [3.05, 3.63) is 44.4 Å². The molecule has 2 aromatic rings. The number of methoxy groups -OCH3 is 1. The van der Waals surface area contributed by atoms with Gasteiger partial charge < -0.3 is 14.5 Å². The van der Waals surface area contributed by atoms with E-state index in [2.05, 4.69) is 4.98 Å².